The lowest BCUT2D eigenvalue weighted by Crippen LogP contribution is -2.29. The van der Waals surface area contributed by atoms with Crippen molar-refractivity contribution in [1.82, 2.24) is 14.4 Å². The Morgan fingerprint density at radius 3 is 2.44 bits per heavy atom. The highest BCUT2D eigenvalue weighted by atomic mass is 35.5. The molecule has 0 spiro atoms. The van der Waals surface area contributed by atoms with Crippen molar-refractivity contribution in [3.05, 3.63) is 64.4 Å². The minimum absolute atomic E-state index is 0.245. The van der Waals surface area contributed by atoms with Gasteiger partial charge in [0.15, 0.2) is 5.82 Å². The maximum atomic E-state index is 12.7. The van der Waals surface area contributed by atoms with E-state index in [9.17, 15) is 8.42 Å². The lowest BCUT2D eigenvalue weighted by molar-refractivity contribution is 0.415. The Morgan fingerprint density at radius 2 is 1.78 bits per heavy atom. The molecule has 0 unspecified atom stereocenters. The molecule has 3 aromatic rings. The summed E-state index contributed by atoms with van der Waals surface area (Å²) in [5.41, 5.74) is 2.75. The third-order valence-electron chi connectivity index (χ3n) is 4.40. The molecule has 27 heavy (non-hydrogen) atoms. The van der Waals surface area contributed by atoms with Crippen LogP contribution in [0.2, 0.25) is 5.02 Å². The number of nitrogens with zero attached hydrogens (tertiary/aromatic N) is 3. The van der Waals surface area contributed by atoms with Crippen LogP contribution in [0.4, 0.5) is 0 Å². The van der Waals surface area contributed by atoms with E-state index in [4.69, 9.17) is 16.1 Å². The van der Waals surface area contributed by atoms with Crippen molar-refractivity contribution in [3.63, 3.8) is 0 Å². The van der Waals surface area contributed by atoms with E-state index in [2.05, 4.69) is 10.1 Å². The number of aromatic nitrogens is 2. The molecule has 8 heteroatoms. The van der Waals surface area contributed by atoms with Gasteiger partial charge in [-0.25, -0.2) is 12.7 Å². The average molecular weight is 406 g/mol. The van der Waals surface area contributed by atoms with Gasteiger partial charge in [-0.2, -0.15) is 4.98 Å². The molecule has 3 rings (SSSR count). The van der Waals surface area contributed by atoms with Crippen molar-refractivity contribution in [2.75, 3.05) is 13.6 Å². The van der Waals surface area contributed by atoms with Gasteiger partial charge in [0.05, 0.1) is 4.90 Å². The summed E-state index contributed by atoms with van der Waals surface area (Å²) in [6.45, 7) is 4.09. The van der Waals surface area contributed by atoms with E-state index in [0.29, 0.717) is 23.2 Å². The average Bonchev–Trinajstić information content (AvgIpc) is 3.11. The second-order valence-corrected chi connectivity index (χ2v) is 8.83. The number of hydrogen-bond donors (Lipinski definition) is 0. The summed E-state index contributed by atoms with van der Waals surface area (Å²) in [7, 11) is -2.02. The summed E-state index contributed by atoms with van der Waals surface area (Å²) in [5.74, 6) is 0.823. The molecule has 0 radical (unpaired) electrons. The van der Waals surface area contributed by atoms with Gasteiger partial charge in [0.2, 0.25) is 10.0 Å². The number of likely N-dealkylation sites (N-methyl/N-ethyl adjacent to an activating group) is 1. The molecule has 0 saturated carbocycles. The van der Waals surface area contributed by atoms with Crippen LogP contribution in [0.1, 0.15) is 17.0 Å². The van der Waals surface area contributed by atoms with Crippen LogP contribution in [-0.4, -0.2) is 36.5 Å². The molecule has 0 N–H and O–H groups in total. The number of halogens is 1. The Balaban J connectivity index is 1.69. The van der Waals surface area contributed by atoms with Crippen LogP contribution in [-0.2, 0) is 16.4 Å². The number of rotatable bonds is 6. The van der Waals surface area contributed by atoms with Crippen LogP contribution in [0.25, 0.3) is 11.5 Å². The molecule has 0 bridgehead atoms. The van der Waals surface area contributed by atoms with Crippen molar-refractivity contribution in [3.8, 4) is 11.5 Å². The van der Waals surface area contributed by atoms with Crippen LogP contribution >= 0.6 is 11.6 Å². The van der Waals surface area contributed by atoms with Gasteiger partial charge < -0.3 is 4.52 Å². The fourth-order valence-corrected chi connectivity index (χ4v) is 3.88. The van der Waals surface area contributed by atoms with Crippen molar-refractivity contribution in [2.24, 2.45) is 0 Å². The molecule has 0 aliphatic heterocycles. The van der Waals surface area contributed by atoms with Crippen LogP contribution in [0.5, 0.6) is 0 Å². The molecule has 6 nitrogen and oxygen atoms in total. The van der Waals surface area contributed by atoms with Gasteiger partial charge >= 0.3 is 0 Å². The first-order valence-corrected chi connectivity index (χ1v) is 10.2. The molecule has 0 aliphatic carbocycles. The Bertz CT molecular complexity index is 1050. The molecule has 142 valence electrons. The molecule has 1 aromatic heterocycles. The molecule has 0 atom stereocenters. The fourth-order valence-electron chi connectivity index (χ4n) is 2.50. The first kappa shape index (κ1) is 19.5. The third kappa shape index (κ3) is 4.37. The van der Waals surface area contributed by atoms with Crippen molar-refractivity contribution >= 4 is 21.6 Å². The first-order chi connectivity index (χ1) is 12.8. The Labute approximate surface area is 163 Å². The topological polar surface area (TPSA) is 76.3 Å². The molecule has 0 amide bonds. The predicted molar refractivity (Wildman–Crippen MR) is 104 cm³/mol. The highest BCUT2D eigenvalue weighted by molar-refractivity contribution is 7.89. The van der Waals surface area contributed by atoms with Crippen LogP contribution < -0.4 is 0 Å². The maximum absolute atomic E-state index is 12.7. The summed E-state index contributed by atoms with van der Waals surface area (Å²) in [4.78, 5) is 4.60. The summed E-state index contributed by atoms with van der Waals surface area (Å²) >= 11 is 5.87. The van der Waals surface area contributed by atoms with E-state index in [0.717, 1.165) is 16.7 Å². The third-order valence-corrected chi connectivity index (χ3v) is 6.50. The first-order valence-electron chi connectivity index (χ1n) is 8.39. The number of sulfonamides is 1. The van der Waals surface area contributed by atoms with Gasteiger partial charge in [-0.05, 0) is 61.4 Å². The van der Waals surface area contributed by atoms with Gasteiger partial charge in [0, 0.05) is 30.6 Å². The van der Waals surface area contributed by atoms with Gasteiger partial charge in [0.25, 0.3) is 5.89 Å². The normalized spacial score (nSPS) is 11.9. The molecular formula is C19H20ClN3O3S. The molecule has 1 heterocycles. The monoisotopic (exact) mass is 405 g/mol. The zero-order valence-corrected chi connectivity index (χ0v) is 16.9. The second kappa shape index (κ2) is 7.80. The predicted octanol–water partition coefficient (Wildman–Crippen LogP) is 3.87. The molecule has 0 saturated heterocycles. The summed E-state index contributed by atoms with van der Waals surface area (Å²) in [6.07, 6.45) is 0.345. The van der Waals surface area contributed by atoms with Crippen molar-refractivity contribution < 1.29 is 12.9 Å². The molecular weight excluding hydrogens is 386 g/mol. The zero-order chi connectivity index (χ0) is 19.6. The zero-order valence-electron chi connectivity index (χ0n) is 15.3. The van der Waals surface area contributed by atoms with Gasteiger partial charge in [-0.1, -0.05) is 22.8 Å². The highest BCUT2D eigenvalue weighted by Gasteiger charge is 2.21. The SMILES string of the molecule is Cc1ccc(S(=O)(=O)N(C)CCc2noc(-c3ccc(Cl)cc3)n2)cc1C. The Hall–Kier alpha value is -2.22. The lowest BCUT2D eigenvalue weighted by atomic mass is 10.1. The van der Waals surface area contributed by atoms with Crippen LogP contribution in [0.3, 0.4) is 0 Å². The van der Waals surface area contributed by atoms with Gasteiger partial charge in [0.1, 0.15) is 0 Å². The van der Waals surface area contributed by atoms with E-state index in [1.165, 1.54) is 4.31 Å². The molecule has 0 aliphatic rings. The van der Waals surface area contributed by atoms with Gasteiger partial charge in [-0.15, -0.1) is 0 Å². The van der Waals surface area contributed by atoms with Crippen LogP contribution in [0, 0.1) is 13.8 Å². The fraction of sp³-hybridized carbons (Fsp3) is 0.263. The minimum Gasteiger partial charge on any atom is -0.334 e. The van der Waals surface area contributed by atoms with E-state index in [-0.39, 0.29) is 11.4 Å². The summed E-state index contributed by atoms with van der Waals surface area (Å²) in [6, 6.07) is 12.2. The van der Waals surface area contributed by atoms with Gasteiger partial charge in [-0.3, -0.25) is 0 Å². The standard InChI is InChI=1S/C19H20ClN3O3S/c1-13-4-9-17(12-14(13)2)27(24,25)23(3)11-10-18-21-19(26-22-18)15-5-7-16(20)8-6-15/h4-9,12H,10-11H2,1-3H3. The molecule has 0 fully saturated rings. The minimum atomic E-state index is -3.57. The van der Waals surface area contributed by atoms with E-state index >= 15 is 0 Å². The van der Waals surface area contributed by atoms with Crippen LogP contribution in [0.15, 0.2) is 51.9 Å². The smallest absolute Gasteiger partial charge is 0.257 e. The maximum Gasteiger partial charge on any atom is 0.257 e. The van der Waals surface area contributed by atoms with Crippen molar-refractivity contribution in [1.29, 1.82) is 0 Å². The number of hydrogen-bond acceptors (Lipinski definition) is 5. The second-order valence-electron chi connectivity index (χ2n) is 6.35. The van der Waals surface area contributed by atoms with E-state index < -0.39 is 10.0 Å². The molecule has 2 aromatic carbocycles. The van der Waals surface area contributed by atoms with E-state index in [1.54, 1.807) is 43.4 Å². The van der Waals surface area contributed by atoms with Crippen molar-refractivity contribution in [2.45, 2.75) is 25.2 Å². The summed E-state index contributed by atoms with van der Waals surface area (Å²) < 4.78 is 32.0. The Morgan fingerprint density at radius 1 is 1.07 bits per heavy atom. The Kier molecular flexibility index (Phi) is 5.64. The largest absolute Gasteiger partial charge is 0.334 e. The lowest BCUT2D eigenvalue weighted by Gasteiger charge is -2.17. The summed E-state index contributed by atoms with van der Waals surface area (Å²) in [5, 5.41) is 4.55. The number of aryl methyl sites for hydroxylation is 2. The quantitative estimate of drug-likeness (QED) is 0.622. The highest BCUT2D eigenvalue weighted by Crippen LogP contribution is 2.21. The van der Waals surface area contributed by atoms with E-state index in [1.807, 2.05) is 19.9 Å². The number of benzene rings is 2.